The number of amides is 3. The van der Waals surface area contributed by atoms with Gasteiger partial charge in [0.2, 0.25) is 5.91 Å². The van der Waals surface area contributed by atoms with E-state index in [9.17, 15) is 14.4 Å². The molecule has 0 bridgehead atoms. The van der Waals surface area contributed by atoms with Crippen molar-refractivity contribution in [3.05, 3.63) is 53.1 Å². The third kappa shape index (κ3) is 4.55. The first-order chi connectivity index (χ1) is 14.9. The largest absolute Gasteiger partial charge is 0.378 e. The highest BCUT2D eigenvalue weighted by Crippen LogP contribution is 2.38. The maximum Gasteiger partial charge on any atom is 0.313 e. The molecule has 2 aromatic rings. The molecular formula is C24H28N4O3. The van der Waals surface area contributed by atoms with E-state index in [2.05, 4.69) is 34.9 Å². The van der Waals surface area contributed by atoms with Gasteiger partial charge in [-0.3, -0.25) is 14.4 Å². The van der Waals surface area contributed by atoms with E-state index in [4.69, 9.17) is 0 Å². The lowest BCUT2D eigenvalue weighted by Gasteiger charge is -2.25. The lowest BCUT2D eigenvalue weighted by Crippen LogP contribution is -2.36. The molecule has 2 aliphatic rings. The predicted octanol–water partition coefficient (Wildman–Crippen LogP) is 2.28. The third-order valence-electron chi connectivity index (χ3n) is 5.90. The van der Waals surface area contributed by atoms with E-state index in [1.807, 2.05) is 36.0 Å². The van der Waals surface area contributed by atoms with Crippen LogP contribution in [0.5, 0.6) is 0 Å². The Morgan fingerprint density at radius 3 is 2.42 bits per heavy atom. The molecule has 0 atom stereocenters. The van der Waals surface area contributed by atoms with Crippen LogP contribution in [0.3, 0.4) is 0 Å². The normalized spacial score (nSPS) is 14.3. The lowest BCUT2D eigenvalue weighted by atomic mass is 9.98. The van der Waals surface area contributed by atoms with Crippen molar-refractivity contribution in [3.8, 4) is 0 Å². The summed E-state index contributed by atoms with van der Waals surface area (Å²) in [6.07, 6.45) is 3.52. The molecule has 2 N–H and O–H groups in total. The first kappa shape index (κ1) is 20.9. The molecule has 0 saturated carbocycles. The summed E-state index contributed by atoms with van der Waals surface area (Å²) in [5.41, 5.74) is 6.08. The molecule has 7 nitrogen and oxygen atoms in total. The smallest absolute Gasteiger partial charge is 0.313 e. The van der Waals surface area contributed by atoms with Gasteiger partial charge in [-0.25, -0.2) is 0 Å². The van der Waals surface area contributed by atoms with Crippen molar-refractivity contribution in [2.75, 3.05) is 42.3 Å². The van der Waals surface area contributed by atoms with E-state index in [1.54, 1.807) is 0 Å². The maximum atomic E-state index is 12.3. The fourth-order valence-electron chi connectivity index (χ4n) is 4.25. The van der Waals surface area contributed by atoms with Crippen LogP contribution in [0.15, 0.2) is 36.4 Å². The number of hydrogen-bond acceptors (Lipinski definition) is 4. The SMILES string of the molecule is CN(C)c1ccc(CCCNC(=O)C(=O)Nc2cc3c4c(c2)CCN4C(=O)CC3)cc1. The van der Waals surface area contributed by atoms with Gasteiger partial charge in [-0.15, -0.1) is 0 Å². The molecule has 2 heterocycles. The Morgan fingerprint density at radius 1 is 1.00 bits per heavy atom. The average Bonchev–Trinajstić information content (AvgIpc) is 3.19. The standard InChI is InChI=1S/C24H28N4O3/c1-27(2)20-8-5-16(6-9-20)4-3-12-25-23(30)24(31)26-19-14-17-7-10-21(29)28-13-11-18(15-19)22(17)28/h5-6,8-9,14-15H,3-4,7,10-13H2,1-2H3,(H,25,30)(H,26,31). The van der Waals surface area contributed by atoms with Crippen LogP contribution in [0.25, 0.3) is 0 Å². The lowest BCUT2D eigenvalue weighted by molar-refractivity contribution is -0.136. The fourth-order valence-corrected chi connectivity index (χ4v) is 4.25. The second kappa shape index (κ2) is 8.79. The number of carbonyl (C=O) groups is 3. The van der Waals surface area contributed by atoms with Crippen LogP contribution in [0.2, 0.25) is 0 Å². The number of carbonyl (C=O) groups excluding carboxylic acids is 3. The molecule has 0 aliphatic carbocycles. The van der Waals surface area contributed by atoms with Gasteiger partial charge >= 0.3 is 11.8 Å². The van der Waals surface area contributed by atoms with Crippen LogP contribution in [0.4, 0.5) is 17.1 Å². The topological polar surface area (TPSA) is 81.8 Å². The second-order valence-electron chi connectivity index (χ2n) is 8.31. The van der Waals surface area contributed by atoms with Crippen LogP contribution in [0, 0.1) is 0 Å². The Morgan fingerprint density at radius 2 is 1.71 bits per heavy atom. The van der Waals surface area contributed by atoms with E-state index in [0.29, 0.717) is 31.6 Å². The molecule has 0 aromatic heterocycles. The van der Waals surface area contributed by atoms with E-state index in [-0.39, 0.29) is 5.91 Å². The van der Waals surface area contributed by atoms with E-state index in [1.165, 1.54) is 5.56 Å². The highest BCUT2D eigenvalue weighted by atomic mass is 16.2. The molecule has 2 aliphatic heterocycles. The van der Waals surface area contributed by atoms with Crippen molar-refractivity contribution in [2.24, 2.45) is 0 Å². The summed E-state index contributed by atoms with van der Waals surface area (Å²) in [5, 5.41) is 5.41. The summed E-state index contributed by atoms with van der Waals surface area (Å²) in [6, 6.07) is 12.1. The Hall–Kier alpha value is -3.35. The Bertz CT molecular complexity index is 1010. The molecule has 2 aromatic carbocycles. The summed E-state index contributed by atoms with van der Waals surface area (Å²) >= 11 is 0. The predicted molar refractivity (Wildman–Crippen MR) is 122 cm³/mol. The van der Waals surface area contributed by atoms with Gasteiger partial charge in [0.25, 0.3) is 0 Å². The Labute approximate surface area is 182 Å². The number of hydrogen-bond donors (Lipinski definition) is 2. The minimum Gasteiger partial charge on any atom is -0.378 e. The van der Waals surface area contributed by atoms with Crippen LogP contribution in [-0.4, -0.2) is 44.9 Å². The molecule has 0 unspecified atom stereocenters. The summed E-state index contributed by atoms with van der Waals surface area (Å²) < 4.78 is 0. The van der Waals surface area contributed by atoms with Crippen LogP contribution < -0.4 is 20.4 Å². The zero-order chi connectivity index (χ0) is 22.0. The van der Waals surface area contributed by atoms with Gasteiger partial charge in [-0.05, 0) is 66.6 Å². The first-order valence-electron chi connectivity index (χ1n) is 10.7. The van der Waals surface area contributed by atoms with Gasteiger partial charge in [0, 0.05) is 45.0 Å². The number of nitrogens with zero attached hydrogens (tertiary/aromatic N) is 2. The Balaban J connectivity index is 1.27. The summed E-state index contributed by atoms with van der Waals surface area (Å²) in [7, 11) is 4.01. The molecule has 0 saturated heterocycles. The Kier molecular flexibility index (Phi) is 5.93. The number of anilines is 3. The maximum absolute atomic E-state index is 12.3. The molecule has 162 valence electrons. The number of nitrogens with one attached hydrogen (secondary N) is 2. The molecule has 3 amide bonds. The van der Waals surface area contributed by atoms with Gasteiger partial charge in [0.05, 0.1) is 5.69 Å². The molecule has 0 spiro atoms. The van der Waals surface area contributed by atoms with Gasteiger partial charge in [0.15, 0.2) is 0 Å². The molecule has 31 heavy (non-hydrogen) atoms. The van der Waals surface area contributed by atoms with E-state index in [0.717, 1.165) is 41.8 Å². The van der Waals surface area contributed by atoms with E-state index < -0.39 is 11.8 Å². The molecule has 0 fully saturated rings. The number of benzene rings is 2. The summed E-state index contributed by atoms with van der Waals surface area (Å²) in [6.45, 7) is 1.13. The van der Waals surface area contributed by atoms with Gasteiger partial charge in [0.1, 0.15) is 0 Å². The second-order valence-corrected chi connectivity index (χ2v) is 8.31. The number of rotatable bonds is 6. The van der Waals surface area contributed by atoms with Crippen molar-refractivity contribution < 1.29 is 14.4 Å². The van der Waals surface area contributed by atoms with Crippen molar-refractivity contribution in [1.82, 2.24) is 5.32 Å². The van der Waals surface area contributed by atoms with Crippen LogP contribution >= 0.6 is 0 Å². The number of aryl methyl sites for hydroxylation is 2. The van der Waals surface area contributed by atoms with E-state index >= 15 is 0 Å². The third-order valence-corrected chi connectivity index (χ3v) is 5.90. The molecule has 4 rings (SSSR count). The average molecular weight is 421 g/mol. The van der Waals surface area contributed by atoms with Crippen molar-refractivity contribution in [2.45, 2.75) is 32.1 Å². The van der Waals surface area contributed by atoms with Crippen molar-refractivity contribution >= 4 is 34.8 Å². The van der Waals surface area contributed by atoms with Gasteiger partial charge in [-0.1, -0.05) is 12.1 Å². The van der Waals surface area contributed by atoms with Crippen molar-refractivity contribution in [1.29, 1.82) is 0 Å². The molecule has 0 radical (unpaired) electrons. The monoisotopic (exact) mass is 420 g/mol. The minimum absolute atomic E-state index is 0.163. The van der Waals surface area contributed by atoms with Gasteiger partial charge in [-0.2, -0.15) is 0 Å². The zero-order valence-electron chi connectivity index (χ0n) is 18.0. The van der Waals surface area contributed by atoms with Crippen LogP contribution in [0.1, 0.15) is 29.5 Å². The quantitative estimate of drug-likeness (QED) is 0.555. The summed E-state index contributed by atoms with van der Waals surface area (Å²) in [5.74, 6) is -1.13. The minimum atomic E-state index is -0.663. The highest BCUT2D eigenvalue weighted by molar-refractivity contribution is 6.39. The fraction of sp³-hybridized carbons (Fsp3) is 0.375. The van der Waals surface area contributed by atoms with Gasteiger partial charge < -0.3 is 20.4 Å². The first-order valence-corrected chi connectivity index (χ1v) is 10.7. The zero-order valence-corrected chi connectivity index (χ0v) is 18.0. The molecule has 7 heteroatoms. The van der Waals surface area contributed by atoms with Crippen LogP contribution in [-0.2, 0) is 33.6 Å². The van der Waals surface area contributed by atoms with Crippen molar-refractivity contribution in [3.63, 3.8) is 0 Å². The highest BCUT2D eigenvalue weighted by Gasteiger charge is 2.31. The summed E-state index contributed by atoms with van der Waals surface area (Å²) in [4.78, 5) is 40.4. The molecular weight excluding hydrogens is 392 g/mol.